The van der Waals surface area contributed by atoms with Gasteiger partial charge in [-0.1, -0.05) is 12.1 Å². The number of nitrogens with zero attached hydrogens (tertiary/aromatic N) is 4. The van der Waals surface area contributed by atoms with E-state index in [9.17, 15) is 23.5 Å². The topological polar surface area (TPSA) is 107 Å². The smallest absolute Gasteiger partial charge is 0.342 e. The Morgan fingerprint density at radius 1 is 1.28 bits per heavy atom. The Labute approximate surface area is 250 Å². The Kier molecular flexibility index (Phi) is 8.40. The number of hydrogen-bond acceptors (Lipinski definition) is 9. The fourth-order valence-corrected chi connectivity index (χ4v) is 6.89. The molecule has 2 N–H and O–H groups in total. The van der Waals surface area contributed by atoms with Crippen LogP contribution in [-0.2, 0) is 14.3 Å². The number of benzene rings is 1. The lowest BCUT2D eigenvalue weighted by atomic mass is 9.92. The zero-order valence-electron chi connectivity index (χ0n) is 24.2. The molecule has 0 saturated carbocycles. The van der Waals surface area contributed by atoms with Gasteiger partial charge in [-0.3, -0.25) is 14.8 Å². The van der Waals surface area contributed by atoms with E-state index in [-0.39, 0.29) is 43.0 Å². The molecule has 232 valence electrons. The van der Waals surface area contributed by atoms with Gasteiger partial charge in [0.05, 0.1) is 24.8 Å². The molecule has 0 radical (unpaired) electrons. The van der Waals surface area contributed by atoms with Gasteiger partial charge in [0.25, 0.3) is 5.92 Å². The molecule has 43 heavy (non-hydrogen) atoms. The van der Waals surface area contributed by atoms with Gasteiger partial charge in [0, 0.05) is 42.4 Å². The van der Waals surface area contributed by atoms with Gasteiger partial charge >= 0.3 is 11.9 Å². The van der Waals surface area contributed by atoms with Crippen LogP contribution < -0.4 is 5.32 Å². The molecule has 3 aliphatic rings. The number of aromatic nitrogens is 1. The van der Waals surface area contributed by atoms with Crippen molar-refractivity contribution in [3.8, 4) is 0 Å². The molecular weight excluding hydrogens is 590 g/mol. The highest BCUT2D eigenvalue weighted by Crippen LogP contribution is 2.43. The summed E-state index contributed by atoms with van der Waals surface area (Å²) in [5.41, 5.74) is -0.937. The molecule has 0 aliphatic carbocycles. The van der Waals surface area contributed by atoms with Gasteiger partial charge in [0.15, 0.2) is 10.8 Å². The maximum absolute atomic E-state index is 15.5. The predicted octanol–water partition coefficient (Wildman–Crippen LogP) is 4.01. The summed E-state index contributed by atoms with van der Waals surface area (Å²) in [4.78, 5) is 36.8. The van der Waals surface area contributed by atoms with E-state index in [1.54, 1.807) is 19.9 Å². The minimum Gasteiger partial charge on any atom is -0.479 e. The molecule has 4 atom stereocenters. The molecule has 0 spiro atoms. The van der Waals surface area contributed by atoms with Crippen LogP contribution in [0.4, 0.5) is 17.6 Å². The number of fused-ring (bicyclic) bond motifs is 1. The number of halogens is 4. The van der Waals surface area contributed by atoms with Crippen LogP contribution in [-0.4, -0.2) is 94.1 Å². The van der Waals surface area contributed by atoms with Gasteiger partial charge in [-0.15, -0.1) is 11.3 Å². The average Bonchev–Trinajstić information content (AvgIpc) is 3.61. The van der Waals surface area contributed by atoms with Crippen LogP contribution in [0.2, 0.25) is 0 Å². The highest BCUT2D eigenvalue weighted by Gasteiger charge is 2.60. The van der Waals surface area contributed by atoms with Crippen molar-refractivity contribution in [1.29, 1.82) is 0 Å². The van der Waals surface area contributed by atoms with Crippen molar-refractivity contribution in [3.05, 3.63) is 62.5 Å². The number of hydrogen-bond donors (Lipinski definition) is 2. The van der Waals surface area contributed by atoms with Crippen LogP contribution in [0, 0.1) is 19.7 Å². The van der Waals surface area contributed by atoms with Crippen LogP contribution >= 0.6 is 11.3 Å². The minimum atomic E-state index is -3.28. The summed E-state index contributed by atoms with van der Waals surface area (Å²) < 4.78 is 65.9. The summed E-state index contributed by atoms with van der Waals surface area (Å²) in [7, 11) is 0. The molecule has 0 unspecified atom stereocenters. The van der Waals surface area contributed by atoms with Gasteiger partial charge in [0.2, 0.25) is 5.67 Å². The number of amidine groups is 1. The number of aryl methyl sites for hydroxylation is 1. The first-order valence-corrected chi connectivity index (χ1v) is 14.8. The highest BCUT2D eigenvalue weighted by molar-refractivity contribution is 7.11. The quantitative estimate of drug-likeness (QED) is 0.319. The minimum absolute atomic E-state index is 0.0414. The first-order valence-electron chi connectivity index (χ1n) is 13.9. The lowest BCUT2D eigenvalue weighted by Crippen LogP contribution is -2.51. The second-order valence-corrected chi connectivity index (χ2v) is 12.2. The molecular formula is C29H33F4N5O4S. The number of carbonyl (C=O) groups excluding carboxylic acids is 1. The van der Waals surface area contributed by atoms with E-state index >= 15 is 8.78 Å². The van der Waals surface area contributed by atoms with E-state index in [2.05, 4.69) is 10.3 Å². The fraction of sp³-hybridized carbons (Fsp3) is 0.517. The summed E-state index contributed by atoms with van der Waals surface area (Å²) in [6, 6.07) is 1.31. The van der Waals surface area contributed by atoms with Crippen LogP contribution in [0.1, 0.15) is 48.1 Å². The summed E-state index contributed by atoms with van der Waals surface area (Å²) in [5, 5.41) is 14.7. The molecule has 2 fully saturated rings. The van der Waals surface area contributed by atoms with Crippen molar-refractivity contribution in [3.63, 3.8) is 0 Å². The number of aliphatic imine (C=N–C) groups is 1. The number of rotatable bonds is 9. The van der Waals surface area contributed by atoms with E-state index in [0.29, 0.717) is 16.4 Å². The number of thiazole rings is 1. The Balaban J connectivity index is 1.56. The van der Waals surface area contributed by atoms with Crippen molar-refractivity contribution in [2.75, 3.05) is 32.8 Å². The molecule has 1 aromatic carbocycles. The molecule has 0 bridgehead atoms. The van der Waals surface area contributed by atoms with Gasteiger partial charge in [0.1, 0.15) is 11.9 Å². The van der Waals surface area contributed by atoms with Crippen molar-refractivity contribution in [2.45, 2.75) is 63.8 Å². The van der Waals surface area contributed by atoms with Crippen molar-refractivity contribution in [1.82, 2.24) is 20.1 Å². The molecule has 2 aromatic rings. The van der Waals surface area contributed by atoms with Crippen LogP contribution in [0.5, 0.6) is 0 Å². The first-order chi connectivity index (χ1) is 20.2. The largest absolute Gasteiger partial charge is 0.479 e. The maximum atomic E-state index is 15.5. The molecule has 9 nitrogen and oxygen atoms in total. The van der Waals surface area contributed by atoms with E-state index in [4.69, 9.17) is 9.73 Å². The second-order valence-electron chi connectivity index (χ2n) is 11.3. The molecule has 3 aliphatic heterocycles. The van der Waals surface area contributed by atoms with E-state index < -0.39 is 60.6 Å². The average molecular weight is 624 g/mol. The Morgan fingerprint density at radius 3 is 2.67 bits per heavy atom. The fourth-order valence-electron chi connectivity index (χ4n) is 6.14. The standard InChI is InChI=1S/C29H33F4N5O4S/c1-5-42-26(39)21-19(11-38-14-29(32,33)23-20(38)9-10-37(23)13-28(4,31)27(40)41)35-24(25-34-15(2)12-43-25)36-22(21)17-7-6-8-18(30)16(17)3/h6-8,12,20,22-23H,5,9-11,13-14H2,1-4H3,(H,35,36)(H,40,41)/t20-,22-,23+,28+/m0/s1. The highest BCUT2D eigenvalue weighted by atomic mass is 32.1. The summed E-state index contributed by atoms with van der Waals surface area (Å²) in [6.45, 7) is 4.51. The summed E-state index contributed by atoms with van der Waals surface area (Å²) in [6.07, 6.45) is 0.247. The predicted molar refractivity (Wildman–Crippen MR) is 151 cm³/mol. The summed E-state index contributed by atoms with van der Waals surface area (Å²) in [5.74, 6) is -5.90. The van der Waals surface area contributed by atoms with Crippen LogP contribution in [0.3, 0.4) is 0 Å². The number of carboxylic acid groups (broad SMARTS) is 1. The molecule has 5 rings (SSSR count). The van der Waals surface area contributed by atoms with E-state index in [1.165, 1.54) is 33.3 Å². The van der Waals surface area contributed by atoms with Crippen molar-refractivity contribution >= 4 is 29.1 Å². The lowest BCUT2D eigenvalue weighted by Gasteiger charge is -2.32. The molecule has 0 amide bonds. The third-order valence-corrected chi connectivity index (χ3v) is 9.11. The number of alkyl halides is 3. The number of esters is 1. The third-order valence-electron chi connectivity index (χ3n) is 8.14. The number of carbonyl (C=O) groups is 2. The Bertz CT molecular complexity index is 1490. The Hall–Kier alpha value is -3.36. The first kappa shape index (κ1) is 31.1. The molecule has 2 saturated heterocycles. The number of carboxylic acids is 1. The third kappa shape index (κ3) is 5.92. The van der Waals surface area contributed by atoms with Gasteiger partial charge in [-0.2, -0.15) is 0 Å². The van der Waals surface area contributed by atoms with Crippen LogP contribution in [0.15, 0.2) is 39.8 Å². The van der Waals surface area contributed by atoms with E-state index in [1.807, 2.05) is 12.3 Å². The van der Waals surface area contributed by atoms with Gasteiger partial charge in [-0.05, 0) is 51.3 Å². The number of likely N-dealkylation sites (tertiary alicyclic amines) is 2. The molecule has 4 heterocycles. The lowest BCUT2D eigenvalue weighted by molar-refractivity contribution is -0.152. The number of nitrogens with one attached hydrogen (secondary N) is 1. The Morgan fingerprint density at radius 2 is 2.02 bits per heavy atom. The van der Waals surface area contributed by atoms with Crippen molar-refractivity contribution in [2.24, 2.45) is 4.99 Å². The van der Waals surface area contributed by atoms with Gasteiger partial charge in [-0.25, -0.2) is 32.1 Å². The summed E-state index contributed by atoms with van der Waals surface area (Å²) >= 11 is 1.31. The van der Waals surface area contributed by atoms with Crippen molar-refractivity contribution < 1.29 is 37.0 Å². The SMILES string of the molecule is CCOC(=O)C1=C(CN2CC(F)(F)[C@H]3[C@@H]2CCN3C[C@@](C)(F)C(=O)O)NC(c2nc(C)cs2)=N[C@H]1c1cccc(F)c1C. The zero-order chi connectivity index (χ0) is 31.3. The van der Waals surface area contributed by atoms with E-state index in [0.717, 1.165) is 12.6 Å². The number of aliphatic carboxylic acids is 1. The molecule has 14 heteroatoms. The molecule has 1 aromatic heterocycles. The zero-order valence-corrected chi connectivity index (χ0v) is 25.0. The van der Waals surface area contributed by atoms with Crippen LogP contribution in [0.25, 0.3) is 0 Å². The monoisotopic (exact) mass is 623 g/mol. The number of ether oxygens (including phenoxy) is 1. The second kappa shape index (κ2) is 11.6. The maximum Gasteiger partial charge on any atom is 0.342 e. The normalized spacial score (nSPS) is 25.2. The van der Waals surface area contributed by atoms with Gasteiger partial charge < -0.3 is 15.2 Å².